The van der Waals surface area contributed by atoms with E-state index in [2.05, 4.69) is 74.5 Å². The number of piperazine rings is 1. The number of aliphatic hydroxyl groups is 1. The Hall–Kier alpha value is -5.56. The van der Waals surface area contributed by atoms with Gasteiger partial charge in [0.25, 0.3) is 0 Å². The summed E-state index contributed by atoms with van der Waals surface area (Å²) < 4.78 is 22.0. The molecule has 4 aliphatic rings. The largest absolute Gasteiger partial charge is 0.508 e. The number of ether oxygens (including phenoxy) is 1. The van der Waals surface area contributed by atoms with Crippen molar-refractivity contribution in [2.75, 3.05) is 62.7 Å². The Balaban J connectivity index is 0.000000282. The number of aromatic nitrogens is 3. The van der Waals surface area contributed by atoms with E-state index < -0.39 is 5.60 Å². The summed E-state index contributed by atoms with van der Waals surface area (Å²) in [7, 11) is 1.60. The first-order valence-corrected chi connectivity index (χ1v) is 23.1. The molecule has 10 nitrogen and oxygen atoms in total. The van der Waals surface area contributed by atoms with Gasteiger partial charge >= 0.3 is 0 Å². The number of thiophene rings is 1. The van der Waals surface area contributed by atoms with Gasteiger partial charge in [0, 0.05) is 73.6 Å². The molecule has 4 aromatic carbocycles. The summed E-state index contributed by atoms with van der Waals surface area (Å²) in [5, 5.41) is 30.7. The van der Waals surface area contributed by atoms with Crippen LogP contribution in [0.1, 0.15) is 90.4 Å². The van der Waals surface area contributed by atoms with Gasteiger partial charge in [-0.25, -0.2) is 4.39 Å². The fraction of sp³-hybridized carbons (Fsp3) is 0.404. The molecule has 2 N–H and O–H groups in total. The van der Waals surface area contributed by atoms with Crippen LogP contribution >= 0.6 is 11.3 Å². The molecule has 2 fully saturated rings. The Morgan fingerprint density at radius 3 is 2.11 bits per heavy atom. The van der Waals surface area contributed by atoms with Crippen molar-refractivity contribution in [2.24, 2.45) is 4.99 Å². The molecular formula is C52H64FN7O3S. The van der Waals surface area contributed by atoms with E-state index in [0.29, 0.717) is 49.7 Å². The molecule has 0 spiro atoms. The predicted octanol–water partition coefficient (Wildman–Crippen LogP) is 10.1. The molecule has 2 saturated heterocycles. The van der Waals surface area contributed by atoms with E-state index in [-0.39, 0.29) is 19.3 Å². The summed E-state index contributed by atoms with van der Waals surface area (Å²) in [4.78, 5) is 13.2. The summed E-state index contributed by atoms with van der Waals surface area (Å²) in [6.45, 7) is 13.7. The number of aliphatic imine (C=N–C) groups is 1. The van der Waals surface area contributed by atoms with Crippen LogP contribution in [0.2, 0.25) is 0 Å². The normalized spacial score (nSPS) is 17.7. The van der Waals surface area contributed by atoms with Crippen LogP contribution in [-0.2, 0) is 12.8 Å². The van der Waals surface area contributed by atoms with Crippen molar-refractivity contribution in [2.45, 2.75) is 85.3 Å². The van der Waals surface area contributed by atoms with Crippen molar-refractivity contribution in [3.63, 3.8) is 0 Å². The van der Waals surface area contributed by atoms with Crippen molar-refractivity contribution in [3.8, 4) is 16.5 Å². The maximum atomic E-state index is 14.5. The number of aryl methyl sites for hydroxylation is 4. The Kier molecular flexibility index (Phi) is 14.9. The van der Waals surface area contributed by atoms with E-state index in [1.54, 1.807) is 36.6 Å². The first-order valence-electron chi connectivity index (χ1n) is 22.3. The minimum Gasteiger partial charge on any atom is -0.508 e. The summed E-state index contributed by atoms with van der Waals surface area (Å²) in [6, 6.07) is 31.2. The standard InChI is InChI=1S/C35H42FN7O2S.C10H12O.C6H6.CH4/c1-22-24(3)46-34-31(22)32(37-23(2)33-39-38-25(4)43(33)34)26-6-8-27(9-7-26)41-14-12-35(44,13-15-41)21-40-16-18-42(19-17-40)30-20-28(45-5)10-11-29(30)36;11-10-6-5-8-3-1-2-4-9(8)7-10;1-2-4-6-5-3-1;/h6-11,20,23,44H,12-19,21H2,1-5H3;5-7,11H,1-4H2;1-6H;1H4/t23-;;;/m0.../s1. The summed E-state index contributed by atoms with van der Waals surface area (Å²) in [5.74, 6) is 2.59. The van der Waals surface area contributed by atoms with Gasteiger partial charge in [-0.2, -0.15) is 0 Å². The van der Waals surface area contributed by atoms with Crippen LogP contribution in [0.3, 0.4) is 0 Å². The highest BCUT2D eigenvalue weighted by atomic mass is 32.1. The number of nitrogens with zero attached hydrogens (tertiary/aromatic N) is 7. The number of rotatable bonds is 6. The molecular weight excluding hydrogens is 822 g/mol. The number of hydrogen-bond acceptors (Lipinski definition) is 10. The smallest absolute Gasteiger partial charge is 0.162 e. The van der Waals surface area contributed by atoms with E-state index >= 15 is 0 Å². The quantitative estimate of drug-likeness (QED) is 0.171. The second-order valence-electron chi connectivity index (χ2n) is 17.2. The molecule has 0 amide bonds. The second-order valence-corrected chi connectivity index (χ2v) is 18.4. The maximum absolute atomic E-state index is 14.5. The van der Waals surface area contributed by atoms with Gasteiger partial charge in [0.2, 0.25) is 0 Å². The molecule has 6 aromatic rings. The molecule has 338 valence electrons. The Bertz CT molecular complexity index is 2480. The number of β-amino-alcohol motifs (C(OH)–C–C–N with tert-alkyl or cyclic N) is 1. The van der Waals surface area contributed by atoms with E-state index in [1.165, 1.54) is 52.5 Å². The van der Waals surface area contributed by atoms with Crippen LogP contribution in [0.4, 0.5) is 15.8 Å². The van der Waals surface area contributed by atoms with E-state index in [9.17, 15) is 14.6 Å². The zero-order valence-corrected chi connectivity index (χ0v) is 38.0. The van der Waals surface area contributed by atoms with Crippen molar-refractivity contribution < 1.29 is 19.3 Å². The monoisotopic (exact) mass is 885 g/mol. The average Bonchev–Trinajstić information content (AvgIpc) is 3.80. The van der Waals surface area contributed by atoms with Gasteiger partial charge in [0.05, 0.1) is 24.1 Å². The topological polar surface area (TPSA) is 102 Å². The lowest BCUT2D eigenvalue weighted by Gasteiger charge is -2.44. The van der Waals surface area contributed by atoms with Gasteiger partial charge in [-0.05, 0) is 119 Å². The van der Waals surface area contributed by atoms with Gasteiger partial charge in [-0.3, -0.25) is 14.5 Å². The third-order valence-electron chi connectivity index (χ3n) is 12.9. The Morgan fingerprint density at radius 1 is 0.797 bits per heavy atom. The number of hydrogen-bond donors (Lipinski definition) is 2. The number of aromatic hydroxyl groups is 1. The minimum atomic E-state index is -0.729. The highest BCUT2D eigenvalue weighted by Crippen LogP contribution is 2.39. The first-order chi connectivity index (χ1) is 30.5. The molecule has 1 atom stereocenters. The van der Waals surface area contributed by atoms with Crippen LogP contribution in [0, 0.1) is 26.6 Å². The number of phenolic OH excluding ortho intramolecular Hbond substituents is 1. The third kappa shape index (κ3) is 10.4. The van der Waals surface area contributed by atoms with Gasteiger partial charge in [0.1, 0.15) is 34.2 Å². The molecule has 3 aliphatic heterocycles. The van der Waals surface area contributed by atoms with Crippen molar-refractivity contribution >= 4 is 28.4 Å². The number of fused-ring (bicyclic) bond motifs is 4. The maximum Gasteiger partial charge on any atom is 0.162 e. The van der Waals surface area contributed by atoms with Crippen molar-refractivity contribution in [3.05, 3.63) is 147 Å². The number of phenols is 1. The molecule has 2 aromatic heterocycles. The summed E-state index contributed by atoms with van der Waals surface area (Å²) >= 11 is 1.78. The predicted molar refractivity (Wildman–Crippen MR) is 260 cm³/mol. The number of halogens is 1. The lowest BCUT2D eigenvalue weighted by atomic mass is 9.90. The van der Waals surface area contributed by atoms with Crippen LogP contribution in [0.5, 0.6) is 11.5 Å². The van der Waals surface area contributed by atoms with Gasteiger partial charge in [-0.15, -0.1) is 21.5 Å². The summed E-state index contributed by atoms with van der Waals surface area (Å²) in [5.41, 5.74) is 8.30. The minimum absolute atomic E-state index is 0. The molecule has 0 bridgehead atoms. The highest BCUT2D eigenvalue weighted by molar-refractivity contribution is 7.15. The molecule has 0 saturated carbocycles. The molecule has 10 rings (SSSR count). The first kappa shape index (κ1) is 46.4. The summed E-state index contributed by atoms with van der Waals surface area (Å²) in [6.07, 6.45) is 6.33. The molecule has 0 unspecified atom stereocenters. The lowest BCUT2D eigenvalue weighted by Crippen LogP contribution is -2.55. The number of anilines is 2. The molecule has 0 radical (unpaired) electrons. The van der Waals surface area contributed by atoms with Gasteiger partial charge < -0.3 is 24.7 Å². The van der Waals surface area contributed by atoms with Gasteiger partial charge in [-0.1, -0.05) is 62.0 Å². The molecule has 1 aliphatic carbocycles. The Morgan fingerprint density at radius 2 is 1.45 bits per heavy atom. The van der Waals surface area contributed by atoms with E-state index in [0.717, 1.165) is 66.2 Å². The lowest BCUT2D eigenvalue weighted by molar-refractivity contribution is -0.0173. The third-order valence-corrected chi connectivity index (χ3v) is 14.1. The Labute approximate surface area is 382 Å². The van der Waals surface area contributed by atoms with E-state index in [1.807, 2.05) is 55.5 Å². The number of piperidine rings is 1. The average molecular weight is 886 g/mol. The van der Waals surface area contributed by atoms with Gasteiger partial charge in [0.15, 0.2) is 5.82 Å². The number of benzene rings is 4. The second kappa shape index (κ2) is 20.5. The zero-order chi connectivity index (χ0) is 44.1. The molecule has 5 heterocycles. The van der Waals surface area contributed by atoms with Crippen LogP contribution in [-0.4, -0.2) is 94.1 Å². The van der Waals surface area contributed by atoms with Crippen molar-refractivity contribution in [1.29, 1.82) is 0 Å². The SMILES string of the molecule is C.COc1ccc(F)c(N2CCN(CC3(O)CCN(c4ccc(C5=N[C@@H](C)c6nnc(C)n6-c6sc(C)c(C)c65)cc4)CC3)CC2)c1.Oc1ccc2c(c1)CCCC2.c1ccccc1. The van der Waals surface area contributed by atoms with Crippen molar-refractivity contribution in [1.82, 2.24) is 19.7 Å². The molecule has 64 heavy (non-hydrogen) atoms. The van der Waals surface area contributed by atoms with E-state index in [4.69, 9.17) is 9.73 Å². The fourth-order valence-corrected chi connectivity index (χ4v) is 10.4. The molecule has 12 heteroatoms. The highest BCUT2D eigenvalue weighted by Gasteiger charge is 2.36. The number of methoxy groups -OCH3 is 1. The van der Waals surface area contributed by atoms with Crippen LogP contribution in [0.25, 0.3) is 5.00 Å². The van der Waals surface area contributed by atoms with Crippen LogP contribution in [0.15, 0.2) is 102 Å². The zero-order valence-electron chi connectivity index (χ0n) is 37.2. The van der Waals surface area contributed by atoms with Crippen LogP contribution < -0.4 is 14.5 Å². The fourth-order valence-electron chi connectivity index (χ4n) is 9.18.